The van der Waals surface area contributed by atoms with E-state index < -0.39 is 17.3 Å². The minimum Gasteiger partial charge on any atom is -0.493 e. The number of hydrogen-bond acceptors (Lipinski definition) is 4. The lowest BCUT2D eigenvalue weighted by molar-refractivity contribution is -0.139. The molecule has 10 heteroatoms. The van der Waals surface area contributed by atoms with E-state index >= 15 is 0 Å². The molecule has 0 spiro atoms. The van der Waals surface area contributed by atoms with E-state index in [0.29, 0.717) is 38.3 Å². The Hall–Kier alpha value is -3.43. The van der Waals surface area contributed by atoms with Crippen LogP contribution in [0.4, 0.5) is 28.4 Å². The second-order valence-corrected chi connectivity index (χ2v) is 10.6. The van der Waals surface area contributed by atoms with Gasteiger partial charge >= 0.3 is 18.3 Å². The fourth-order valence-corrected chi connectivity index (χ4v) is 4.17. The van der Waals surface area contributed by atoms with Gasteiger partial charge in [0.2, 0.25) is 0 Å². The molecular weight excluding hydrogens is 511 g/mol. The van der Waals surface area contributed by atoms with Crippen LogP contribution in [0.3, 0.4) is 0 Å². The Labute approximate surface area is 228 Å². The maximum absolute atomic E-state index is 13.0. The van der Waals surface area contributed by atoms with Crippen molar-refractivity contribution in [1.29, 1.82) is 0 Å². The minimum atomic E-state index is -4.42. The van der Waals surface area contributed by atoms with Crippen molar-refractivity contribution in [3.63, 3.8) is 0 Å². The van der Waals surface area contributed by atoms with Crippen molar-refractivity contribution in [3.8, 4) is 5.75 Å². The van der Waals surface area contributed by atoms with E-state index in [0.717, 1.165) is 37.3 Å². The zero-order chi connectivity index (χ0) is 28.5. The number of nitrogens with zero attached hydrogens (tertiary/aromatic N) is 2. The number of nitrogens with one attached hydrogen (secondary N) is 1. The summed E-state index contributed by atoms with van der Waals surface area (Å²) >= 11 is 0. The normalized spacial score (nSPS) is 14.2. The highest BCUT2D eigenvalue weighted by atomic mass is 19.4. The molecule has 0 aromatic heterocycles. The van der Waals surface area contributed by atoms with Gasteiger partial charge in [-0.2, -0.15) is 13.2 Å². The summed E-state index contributed by atoms with van der Waals surface area (Å²) < 4.78 is 49.8. The fraction of sp³-hybridized carbons (Fsp3) is 0.517. The second kappa shape index (κ2) is 13.6. The SMILES string of the molecule is CC(C)(C)OC(=O)N1CCN(C(=O)Nc2ccc(CCCCCCOc3ccccc3C(F)(F)F)cc2)CC1. The summed E-state index contributed by atoms with van der Waals surface area (Å²) in [6.45, 7) is 7.44. The molecule has 1 N–H and O–H groups in total. The van der Waals surface area contributed by atoms with Crippen LogP contribution in [0.5, 0.6) is 5.75 Å². The van der Waals surface area contributed by atoms with E-state index in [1.54, 1.807) is 9.80 Å². The van der Waals surface area contributed by atoms with Gasteiger partial charge < -0.3 is 24.6 Å². The topological polar surface area (TPSA) is 71.1 Å². The monoisotopic (exact) mass is 549 g/mol. The number of benzene rings is 2. The van der Waals surface area contributed by atoms with Gasteiger partial charge in [0.05, 0.1) is 12.2 Å². The van der Waals surface area contributed by atoms with Crippen LogP contribution in [-0.4, -0.2) is 60.3 Å². The van der Waals surface area contributed by atoms with Crippen LogP contribution in [-0.2, 0) is 17.3 Å². The third-order valence-corrected chi connectivity index (χ3v) is 6.23. The molecule has 3 rings (SSSR count). The number of alkyl halides is 3. The third-order valence-electron chi connectivity index (χ3n) is 6.23. The summed E-state index contributed by atoms with van der Waals surface area (Å²) in [7, 11) is 0. The van der Waals surface area contributed by atoms with Gasteiger partial charge in [0.15, 0.2) is 0 Å². The zero-order valence-electron chi connectivity index (χ0n) is 22.9. The minimum absolute atomic E-state index is 0.125. The first-order chi connectivity index (χ1) is 18.4. The first kappa shape index (κ1) is 30.1. The predicted octanol–water partition coefficient (Wildman–Crippen LogP) is 6.97. The molecule has 1 aliphatic rings. The Morgan fingerprint density at radius 2 is 1.46 bits per heavy atom. The van der Waals surface area contributed by atoms with Gasteiger partial charge in [-0.05, 0) is 69.9 Å². The quantitative estimate of drug-likeness (QED) is 0.343. The number of aryl methyl sites for hydroxylation is 1. The molecule has 1 fully saturated rings. The fourth-order valence-electron chi connectivity index (χ4n) is 4.17. The molecule has 2 aromatic rings. The molecule has 0 saturated carbocycles. The molecule has 214 valence electrons. The number of rotatable bonds is 9. The second-order valence-electron chi connectivity index (χ2n) is 10.6. The number of carbonyl (C=O) groups excluding carboxylic acids is 2. The number of halogens is 3. The number of anilines is 1. The summed E-state index contributed by atoms with van der Waals surface area (Å²) in [5, 5.41) is 2.91. The first-order valence-corrected chi connectivity index (χ1v) is 13.3. The molecule has 3 amide bonds. The Morgan fingerprint density at radius 3 is 2.10 bits per heavy atom. The number of carbonyl (C=O) groups is 2. The van der Waals surface area contributed by atoms with Crippen molar-refractivity contribution in [2.75, 3.05) is 38.1 Å². The molecule has 1 aliphatic heterocycles. The molecule has 1 saturated heterocycles. The van der Waals surface area contributed by atoms with Gasteiger partial charge in [0.1, 0.15) is 11.4 Å². The summed E-state index contributed by atoms with van der Waals surface area (Å²) in [6, 6.07) is 12.8. The summed E-state index contributed by atoms with van der Waals surface area (Å²) in [4.78, 5) is 28.1. The van der Waals surface area contributed by atoms with Gasteiger partial charge in [0, 0.05) is 31.9 Å². The van der Waals surface area contributed by atoms with E-state index in [9.17, 15) is 22.8 Å². The zero-order valence-corrected chi connectivity index (χ0v) is 22.9. The third kappa shape index (κ3) is 10.00. The lowest BCUT2D eigenvalue weighted by Crippen LogP contribution is -2.52. The number of urea groups is 1. The van der Waals surface area contributed by atoms with Crippen molar-refractivity contribution in [3.05, 3.63) is 59.7 Å². The van der Waals surface area contributed by atoms with Crippen molar-refractivity contribution >= 4 is 17.8 Å². The highest BCUT2D eigenvalue weighted by molar-refractivity contribution is 5.89. The molecule has 7 nitrogen and oxygen atoms in total. The van der Waals surface area contributed by atoms with E-state index in [4.69, 9.17) is 9.47 Å². The maximum Gasteiger partial charge on any atom is 0.419 e. The van der Waals surface area contributed by atoms with Crippen LogP contribution in [0.15, 0.2) is 48.5 Å². The molecule has 0 unspecified atom stereocenters. The standard InChI is InChI=1S/C29H38F3N3O4/c1-28(2,3)39-27(37)35-19-17-34(18-20-35)26(36)33-23-15-13-22(14-16-23)10-6-4-5-9-21-38-25-12-8-7-11-24(25)29(30,31)32/h7-8,11-16H,4-6,9-10,17-21H2,1-3H3,(H,33,36). The van der Waals surface area contributed by atoms with Crippen molar-refractivity contribution in [1.82, 2.24) is 9.80 Å². The van der Waals surface area contributed by atoms with Gasteiger partial charge in [-0.25, -0.2) is 9.59 Å². The van der Waals surface area contributed by atoms with E-state index in [-0.39, 0.29) is 24.5 Å². The molecular formula is C29H38F3N3O4. The number of para-hydroxylation sites is 1. The lowest BCUT2D eigenvalue weighted by atomic mass is 10.1. The van der Waals surface area contributed by atoms with Gasteiger partial charge in [-0.3, -0.25) is 0 Å². The van der Waals surface area contributed by atoms with Gasteiger partial charge in [-0.1, -0.05) is 37.1 Å². The number of amides is 3. The van der Waals surface area contributed by atoms with E-state index in [1.165, 1.54) is 18.2 Å². The predicted molar refractivity (Wildman–Crippen MR) is 144 cm³/mol. The van der Waals surface area contributed by atoms with Gasteiger partial charge in [0.25, 0.3) is 0 Å². The van der Waals surface area contributed by atoms with Crippen LogP contribution in [0.2, 0.25) is 0 Å². The van der Waals surface area contributed by atoms with Crippen LogP contribution in [0, 0.1) is 0 Å². The molecule has 1 heterocycles. The first-order valence-electron chi connectivity index (χ1n) is 13.3. The number of piperazine rings is 1. The molecule has 2 aromatic carbocycles. The van der Waals surface area contributed by atoms with Crippen LogP contribution in [0.25, 0.3) is 0 Å². The summed E-state index contributed by atoms with van der Waals surface area (Å²) in [6.07, 6.45) is -0.470. The Morgan fingerprint density at radius 1 is 0.846 bits per heavy atom. The van der Waals surface area contributed by atoms with Crippen LogP contribution in [0.1, 0.15) is 57.6 Å². The number of unbranched alkanes of at least 4 members (excludes halogenated alkanes) is 3. The van der Waals surface area contributed by atoms with Crippen LogP contribution < -0.4 is 10.1 Å². The molecule has 0 aliphatic carbocycles. The van der Waals surface area contributed by atoms with E-state index in [2.05, 4.69) is 5.32 Å². The average Bonchev–Trinajstić information content (AvgIpc) is 2.88. The van der Waals surface area contributed by atoms with E-state index in [1.807, 2.05) is 45.0 Å². The van der Waals surface area contributed by atoms with Crippen LogP contribution >= 0.6 is 0 Å². The number of ether oxygens (including phenoxy) is 2. The molecule has 0 bridgehead atoms. The summed E-state index contributed by atoms with van der Waals surface area (Å²) in [5.41, 5.74) is 0.553. The maximum atomic E-state index is 13.0. The lowest BCUT2D eigenvalue weighted by Gasteiger charge is -2.35. The largest absolute Gasteiger partial charge is 0.493 e. The smallest absolute Gasteiger partial charge is 0.419 e. The number of hydrogen-bond donors (Lipinski definition) is 1. The Kier molecular flexibility index (Phi) is 10.5. The van der Waals surface area contributed by atoms with Crippen molar-refractivity contribution < 1.29 is 32.2 Å². The average molecular weight is 550 g/mol. The van der Waals surface area contributed by atoms with Crippen molar-refractivity contribution in [2.24, 2.45) is 0 Å². The Balaban J connectivity index is 1.31. The molecule has 0 atom stereocenters. The molecule has 39 heavy (non-hydrogen) atoms. The highest BCUT2D eigenvalue weighted by Gasteiger charge is 2.34. The summed E-state index contributed by atoms with van der Waals surface area (Å²) in [5.74, 6) is -0.125. The molecule has 0 radical (unpaired) electrons. The Bertz CT molecular complexity index is 1080. The highest BCUT2D eigenvalue weighted by Crippen LogP contribution is 2.35. The van der Waals surface area contributed by atoms with Gasteiger partial charge in [-0.15, -0.1) is 0 Å². The van der Waals surface area contributed by atoms with Crippen molar-refractivity contribution in [2.45, 2.75) is 64.7 Å².